The van der Waals surface area contributed by atoms with Crippen molar-refractivity contribution in [1.29, 1.82) is 5.26 Å². The van der Waals surface area contributed by atoms with Crippen molar-refractivity contribution in [3.05, 3.63) is 53.6 Å². The molecule has 0 spiro atoms. The van der Waals surface area contributed by atoms with E-state index in [1.165, 1.54) is 4.90 Å². The molecular formula is C23H23F3N2O5S. The molecule has 0 saturated carbocycles. The Bertz CT molecular complexity index is 1190. The number of amides is 1. The van der Waals surface area contributed by atoms with E-state index < -0.39 is 28.0 Å². The zero-order chi connectivity index (χ0) is 25.1. The topological polar surface area (TPSA) is 96.7 Å². The van der Waals surface area contributed by atoms with Crippen LogP contribution < -0.4 is 9.47 Å². The number of sulfone groups is 1. The molecule has 1 fully saturated rings. The number of alkyl halides is 3. The van der Waals surface area contributed by atoms with Gasteiger partial charge in [0, 0.05) is 25.3 Å². The summed E-state index contributed by atoms with van der Waals surface area (Å²) < 4.78 is 73.7. The molecule has 2 atom stereocenters. The number of nitrogens with zero attached hydrogens (tertiary/aromatic N) is 2. The predicted octanol–water partition coefficient (Wildman–Crippen LogP) is 3.83. The smallest absolute Gasteiger partial charge is 0.425 e. The Morgan fingerprint density at radius 3 is 2.50 bits per heavy atom. The summed E-state index contributed by atoms with van der Waals surface area (Å²) in [7, 11) is -3.70. The van der Waals surface area contributed by atoms with Gasteiger partial charge in [0.25, 0.3) is 5.91 Å². The second-order valence-corrected chi connectivity index (χ2v) is 10.1. The zero-order valence-electron chi connectivity index (χ0n) is 18.5. The van der Waals surface area contributed by atoms with Crippen LogP contribution in [0.1, 0.15) is 29.3 Å². The Balaban J connectivity index is 1.74. The first kappa shape index (κ1) is 25.4. The SMILES string of the molecule is C[C@H](Oc1ccc(S(C)(=O)=O)cc1C(=O)N1CCC(COc2ccc(C#N)cc2)C1)C(F)(F)F. The minimum atomic E-state index is -4.66. The average Bonchev–Trinajstić information content (AvgIpc) is 3.25. The molecule has 11 heteroatoms. The molecular weight excluding hydrogens is 473 g/mol. The van der Waals surface area contributed by atoms with Crippen molar-refractivity contribution in [1.82, 2.24) is 4.90 Å². The van der Waals surface area contributed by atoms with E-state index in [-0.39, 0.29) is 28.7 Å². The second kappa shape index (κ2) is 9.93. The Hall–Kier alpha value is -3.26. The summed E-state index contributed by atoms with van der Waals surface area (Å²) in [4.78, 5) is 14.4. The molecule has 1 heterocycles. The maximum atomic E-state index is 13.2. The summed E-state index contributed by atoms with van der Waals surface area (Å²) in [5.41, 5.74) is 0.256. The van der Waals surface area contributed by atoms with Gasteiger partial charge in [-0.05, 0) is 55.8 Å². The van der Waals surface area contributed by atoms with Crippen LogP contribution in [0.5, 0.6) is 11.5 Å². The van der Waals surface area contributed by atoms with Crippen molar-refractivity contribution in [3.8, 4) is 17.6 Å². The molecule has 0 bridgehead atoms. The van der Waals surface area contributed by atoms with Crippen molar-refractivity contribution in [2.75, 3.05) is 26.0 Å². The Kier molecular flexibility index (Phi) is 7.41. The van der Waals surface area contributed by atoms with E-state index in [0.29, 0.717) is 30.9 Å². The van der Waals surface area contributed by atoms with Crippen LogP contribution in [-0.4, -0.2) is 57.5 Å². The molecule has 182 valence electrons. The van der Waals surface area contributed by atoms with Crippen LogP contribution in [-0.2, 0) is 9.84 Å². The van der Waals surface area contributed by atoms with Crippen LogP contribution in [0, 0.1) is 17.2 Å². The fraction of sp³-hybridized carbons (Fsp3) is 0.391. The predicted molar refractivity (Wildman–Crippen MR) is 116 cm³/mol. The van der Waals surface area contributed by atoms with Gasteiger partial charge in [-0.3, -0.25) is 4.79 Å². The minimum Gasteiger partial charge on any atom is -0.493 e. The largest absolute Gasteiger partial charge is 0.493 e. The first-order valence-electron chi connectivity index (χ1n) is 10.4. The van der Waals surface area contributed by atoms with Crippen molar-refractivity contribution in [2.45, 2.75) is 30.5 Å². The lowest BCUT2D eigenvalue weighted by molar-refractivity contribution is -0.189. The third-order valence-corrected chi connectivity index (χ3v) is 6.53. The van der Waals surface area contributed by atoms with E-state index >= 15 is 0 Å². The number of carbonyl (C=O) groups excluding carboxylic acids is 1. The normalized spacial score (nSPS) is 17.2. The van der Waals surface area contributed by atoms with Gasteiger partial charge in [0.1, 0.15) is 11.5 Å². The van der Waals surface area contributed by atoms with Gasteiger partial charge in [-0.1, -0.05) is 0 Å². The number of halogens is 3. The lowest BCUT2D eigenvalue weighted by Crippen LogP contribution is -2.33. The van der Waals surface area contributed by atoms with Crippen LogP contribution in [0.15, 0.2) is 47.4 Å². The first-order chi connectivity index (χ1) is 15.9. The molecule has 1 aliphatic rings. The standard InChI is InChI=1S/C23H23F3N2O5S/c1-15(23(24,25)26)33-21-8-7-19(34(2,30)31)11-20(21)22(29)28-10-9-17(13-28)14-32-18-5-3-16(12-27)4-6-18/h3-8,11,15,17H,9-10,13-14H2,1-2H3/t15-,17?/m0/s1. The number of benzene rings is 2. The number of hydrogen-bond donors (Lipinski definition) is 0. The molecule has 0 aromatic heterocycles. The lowest BCUT2D eigenvalue weighted by atomic mass is 10.1. The van der Waals surface area contributed by atoms with E-state index in [9.17, 15) is 26.4 Å². The molecule has 0 aliphatic carbocycles. The van der Waals surface area contributed by atoms with Crippen molar-refractivity contribution in [2.24, 2.45) is 5.92 Å². The van der Waals surface area contributed by atoms with E-state index in [2.05, 4.69) is 0 Å². The zero-order valence-corrected chi connectivity index (χ0v) is 19.3. The lowest BCUT2D eigenvalue weighted by Gasteiger charge is -2.22. The summed E-state index contributed by atoms with van der Waals surface area (Å²) in [6.45, 7) is 1.72. The van der Waals surface area contributed by atoms with Crippen molar-refractivity contribution in [3.63, 3.8) is 0 Å². The molecule has 0 N–H and O–H groups in total. The molecule has 1 unspecified atom stereocenters. The number of nitriles is 1. The number of likely N-dealkylation sites (tertiary alicyclic amines) is 1. The van der Waals surface area contributed by atoms with Crippen LogP contribution in [0.2, 0.25) is 0 Å². The monoisotopic (exact) mass is 496 g/mol. The third-order valence-electron chi connectivity index (χ3n) is 5.42. The molecule has 2 aromatic rings. The highest BCUT2D eigenvalue weighted by Gasteiger charge is 2.39. The van der Waals surface area contributed by atoms with Crippen molar-refractivity contribution >= 4 is 15.7 Å². The summed E-state index contributed by atoms with van der Waals surface area (Å²) in [6.07, 6.45) is -5.29. The van der Waals surface area contributed by atoms with Gasteiger partial charge in [0.05, 0.1) is 28.7 Å². The average molecular weight is 497 g/mol. The highest BCUT2D eigenvalue weighted by molar-refractivity contribution is 7.90. The van der Waals surface area contributed by atoms with Crippen LogP contribution in [0.25, 0.3) is 0 Å². The van der Waals surface area contributed by atoms with E-state index in [1.807, 2.05) is 6.07 Å². The highest BCUT2D eigenvalue weighted by Crippen LogP contribution is 2.31. The fourth-order valence-electron chi connectivity index (χ4n) is 3.43. The number of hydrogen-bond acceptors (Lipinski definition) is 6. The highest BCUT2D eigenvalue weighted by atomic mass is 32.2. The van der Waals surface area contributed by atoms with Gasteiger partial charge in [0.2, 0.25) is 0 Å². The third kappa shape index (κ3) is 6.20. The summed E-state index contributed by atoms with van der Waals surface area (Å²) in [5, 5.41) is 8.85. The quantitative estimate of drug-likeness (QED) is 0.578. The number of rotatable bonds is 7. The molecule has 34 heavy (non-hydrogen) atoms. The van der Waals surface area contributed by atoms with E-state index in [4.69, 9.17) is 14.7 Å². The molecule has 1 amide bonds. The van der Waals surface area contributed by atoms with Gasteiger partial charge >= 0.3 is 6.18 Å². The van der Waals surface area contributed by atoms with Crippen LogP contribution in [0.3, 0.4) is 0 Å². The Morgan fingerprint density at radius 2 is 1.91 bits per heavy atom. The van der Waals surface area contributed by atoms with Gasteiger partial charge in [-0.2, -0.15) is 18.4 Å². The molecule has 7 nitrogen and oxygen atoms in total. The second-order valence-electron chi connectivity index (χ2n) is 8.08. The van der Waals surface area contributed by atoms with Crippen LogP contribution >= 0.6 is 0 Å². The summed E-state index contributed by atoms with van der Waals surface area (Å²) in [6, 6.07) is 11.8. The molecule has 3 rings (SSSR count). The maximum Gasteiger partial charge on any atom is 0.425 e. The maximum absolute atomic E-state index is 13.2. The van der Waals surface area contributed by atoms with Gasteiger partial charge in [0.15, 0.2) is 15.9 Å². The minimum absolute atomic E-state index is 0.0313. The van der Waals surface area contributed by atoms with Gasteiger partial charge < -0.3 is 14.4 Å². The van der Waals surface area contributed by atoms with Crippen molar-refractivity contribution < 1.29 is 35.9 Å². The number of carbonyl (C=O) groups is 1. The molecule has 2 aromatic carbocycles. The van der Waals surface area contributed by atoms with E-state index in [0.717, 1.165) is 31.4 Å². The van der Waals surface area contributed by atoms with E-state index in [1.54, 1.807) is 24.3 Å². The molecule has 1 saturated heterocycles. The first-order valence-corrected chi connectivity index (χ1v) is 12.3. The Labute approximate surface area is 195 Å². The molecule has 0 radical (unpaired) electrons. The fourth-order valence-corrected chi connectivity index (χ4v) is 4.08. The number of ether oxygens (including phenoxy) is 2. The van der Waals surface area contributed by atoms with Crippen LogP contribution in [0.4, 0.5) is 13.2 Å². The Morgan fingerprint density at radius 1 is 1.24 bits per heavy atom. The van der Waals surface area contributed by atoms with Gasteiger partial charge in [-0.15, -0.1) is 0 Å². The molecule has 1 aliphatic heterocycles. The summed E-state index contributed by atoms with van der Waals surface area (Å²) in [5.74, 6) is -0.409. The van der Waals surface area contributed by atoms with Gasteiger partial charge in [-0.25, -0.2) is 8.42 Å². The summed E-state index contributed by atoms with van der Waals surface area (Å²) >= 11 is 0.